The summed E-state index contributed by atoms with van der Waals surface area (Å²) in [6, 6.07) is 7.31. The lowest BCUT2D eigenvalue weighted by Crippen LogP contribution is -2.01. The maximum absolute atomic E-state index is 11.3. The number of benzene rings is 1. The van der Waals surface area contributed by atoms with Crippen LogP contribution < -0.4 is 5.73 Å². The summed E-state index contributed by atoms with van der Waals surface area (Å²) in [7, 11) is -3.20. The van der Waals surface area contributed by atoms with Crippen LogP contribution in [0.1, 0.15) is 5.76 Å². The Morgan fingerprint density at radius 3 is 2.50 bits per heavy atom. The number of anilines is 1. The zero-order valence-corrected chi connectivity index (χ0v) is 12.0. The van der Waals surface area contributed by atoms with E-state index in [4.69, 9.17) is 10.3 Å². The number of hydrogen-bond donors (Lipinski definition) is 1. The lowest BCUT2D eigenvalue weighted by molar-refractivity contribution is 0.396. The Bertz CT molecular complexity index is 662. The Hall–Kier alpha value is -1.34. The van der Waals surface area contributed by atoms with E-state index in [0.29, 0.717) is 5.56 Å². The Balaban J connectivity index is 2.50. The Morgan fingerprint density at radius 1 is 1.33 bits per heavy atom. The number of sulfone groups is 1. The summed E-state index contributed by atoms with van der Waals surface area (Å²) in [4.78, 5) is 0. The van der Waals surface area contributed by atoms with Gasteiger partial charge in [-0.25, -0.2) is 8.42 Å². The maximum Gasteiger partial charge on any atom is 0.175 e. The van der Waals surface area contributed by atoms with Crippen LogP contribution in [0.5, 0.6) is 0 Å². The quantitative estimate of drug-likeness (QED) is 0.932. The van der Waals surface area contributed by atoms with Crippen LogP contribution in [0.3, 0.4) is 0 Å². The van der Waals surface area contributed by atoms with Crippen LogP contribution in [-0.4, -0.2) is 19.8 Å². The fraction of sp³-hybridized carbons (Fsp3) is 0.182. The van der Waals surface area contributed by atoms with Gasteiger partial charge in [0.1, 0.15) is 5.75 Å². The van der Waals surface area contributed by atoms with E-state index in [1.165, 1.54) is 0 Å². The molecule has 0 fully saturated rings. The van der Waals surface area contributed by atoms with Crippen molar-refractivity contribution in [3.05, 3.63) is 34.5 Å². The lowest BCUT2D eigenvalue weighted by atomic mass is 10.1. The molecule has 0 bridgehead atoms. The highest BCUT2D eigenvalue weighted by molar-refractivity contribution is 9.10. The van der Waals surface area contributed by atoms with Gasteiger partial charge in [-0.2, -0.15) is 0 Å². The zero-order valence-electron chi connectivity index (χ0n) is 9.55. The average molecular weight is 331 g/mol. The molecule has 0 unspecified atom stereocenters. The molecular formula is C11H11BrN2O3S. The number of nitrogens with two attached hydrogens (primary N) is 1. The predicted molar refractivity (Wildman–Crippen MR) is 72.6 cm³/mol. The van der Waals surface area contributed by atoms with E-state index in [-0.39, 0.29) is 17.3 Å². The monoisotopic (exact) mass is 330 g/mol. The second-order valence-corrected chi connectivity index (χ2v) is 7.00. The van der Waals surface area contributed by atoms with Gasteiger partial charge in [0.25, 0.3) is 0 Å². The number of nitrogen functional groups attached to an aromatic ring is 1. The van der Waals surface area contributed by atoms with Crippen molar-refractivity contribution >= 4 is 31.6 Å². The van der Waals surface area contributed by atoms with Crippen molar-refractivity contribution in [2.75, 3.05) is 12.0 Å². The second kappa shape index (κ2) is 4.74. The standard InChI is InChI=1S/C11H11BrN2O3S/c1-18(15,16)6-9-10(11(13)14-17-9)7-2-4-8(12)5-3-7/h2-5H,6H2,1H3,(H2,13,14). The summed E-state index contributed by atoms with van der Waals surface area (Å²) >= 11 is 3.33. The smallest absolute Gasteiger partial charge is 0.175 e. The Labute approximate surface area is 113 Å². The van der Waals surface area contributed by atoms with Crippen LogP contribution in [0.25, 0.3) is 11.1 Å². The summed E-state index contributed by atoms with van der Waals surface area (Å²) < 4.78 is 28.5. The summed E-state index contributed by atoms with van der Waals surface area (Å²) in [6.07, 6.45) is 1.14. The molecule has 18 heavy (non-hydrogen) atoms. The molecule has 2 aromatic rings. The molecule has 96 valence electrons. The van der Waals surface area contributed by atoms with E-state index in [1.54, 1.807) is 0 Å². The second-order valence-electron chi connectivity index (χ2n) is 3.94. The van der Waals surface area contributed by atoms with Gasteiger partial charge in [0.2, 0.25) is 0 Å². The van der Waals surface area contributed by atoms with Crippen LogP contribution in [0.15, 0.2) is 33.3 Å². The van der Waals surface area contributed by atoms with Crippen molar-refractivity contribution in [1.29, 1.82) is 0 Å². The van der Waals surface area contributed by atoms with E-state index in [9.17, 15) is 8.42 Å². The molecule has 0 atom stereocenters. The fourth-order valence-corrected chi connectivity index (χ4v) is 2.54. The predicted octanol–water partition coefficient (Wildman–Crippen LogP) is 2.23. The first-order valence-corrected chi connectivity index (χ1v) is 7.90. The molecular weight excluding hydrogens is 320 g/mol. The van der Waals surface area contributed by atoms with E-state index >= 15 is 0 Å². The number of aromatic nitrogens is 1. The molecule has 0 spiro atoms. The molecule has 0 aliphatic heterocycles. The maximum atomic E-state index is 11.3. The number of nitrogens with zero attached hydrogens (tertiary/aromatic N) is 1. The van der Waals surface area contributed by atoms with Crippen LogP contribution >= 0.6 is 15.9 Å². The molecule has 2 N–H and O–H groups in total. The molecule has 2 rings (SSSR count). The third-order valence-corrected chi connectivity index (χ3v) is 3.63. The van der Waals surface area contributed by atoms with Crippen molar-refractivity contribution in [1.82, 2.24) is 5.16 Å². The largest absolute Gasteiger partial charge is 0.380 e. The van der Waals surface area contributed by atoms with E-state index in [2.05, 4.69) is 21.1 Å². The summed E-state index contributed by atoms with van der Waals surface area (Å²) in [5.41, 5.74) is 7.03. The van der Waals surface area contributed by atoms with Crippen molar-refractivity contribution < 1.29 is 12.9 Å². The summed E-state index contributed by atoms with van der Waals surface area (Å²) in [6.45, 7) is 0. The molecule has 1 aromatic carbocycles. The molecule has 0 aliphatic carbocycles. The van der Waals surface area contributed by atoms with Gasteiger partial charge in [0.05, 0.1) is 5.56 Å². The molecule has 0 aliphatic rings. The minimum absolute atomic E-state index is 0.191. The molecule has 0 saturated heterocycles. The number of hydrogen-bond acceptors (Lipinski definition) is 5. The van der Waals surface area contributed by atoms with Gasteiger partial charge >= 0.3 is 0 Å². The first kappa shape index (κ1) is 13.1. The third-order valence-electron chi connectivity index (χ3n) is 2.32. The lowest BCUT2D eigenvalue weighted by Gasteiger charge is -2.02. The third kappa shape index (κ3) is 2.91. The molecule has 7 heteroatoms. The van der Waals surface area contributed by atoms with Crippen molar-refractivity contribution in [2.24, 2.45) is 0 Å². The number of halogens is 1. The van der Waals surface area contributed by atoms with Crippen LogP contribution in [0, 0.1) is 0 Å². The fourth-order valence-electron chi connectivity index (χ4n) is 1.60. The van der Waals surface area contributed by atoms with E-state index < -0.39 is 9.84 Å². The van der Waals surface area contributed by atoms with Gasteiger partial charge in [0.15, 0.2) is 21.4 Å². The van der Waals surface area contributed by atoms with Crippen LogP contribution in [0.2, 0.25) is 0 Å². The normalized spacial score (nSPS) is 11.7. The topological polar surface area (TPSA) is 86.2 Å². The average Bonchev–Trinajstić information content (AvgIpc) is 2.59. The Morgan fingerprint density at radius 2 is 1.94 bits per heavy atom. The molecule has 0 radical (unpaired) electrons. The molecule has 5 nitrogen and oxygen atoms in total. The van der Waals surface area contributed by atoms with E-state index in [0.717, 1.165) is 16.3 Å². The van der Waals surface area contributed by atoms with Gasteiger partial charge in [-0.3, -0.25) is 0 Å². The highest BCUT2D eigenvalue weighted by atomic mass is 79.9. The van der Waals surface area contributed by atoms with Crippen LogP contribution in [0.4, 0.5) is 5.82 Å². The van der Waals surface area contributed by atoms with Gasteiger partial charge in [-0.05, 0) is 17.7 Å². The minimum atomic E-state index is -3.20. The summed E-state index contributed by atoms with van der Waals surface area (Å²) in [5.74, 6) is 0.232. The SMILES string of the molecule is CS(=O)(=O)Cc1onc(N)c1-c1ccc(Br)cc1. The Kier molecular flexibility index (Phi) is 3.45. The highest BCUT2D eigenvalue weighted by Crippen LogP contribution is 2.31. The van der Waals surface area contributed by atoms with Crippen molar-refractivity contribution in [2.45, 2.75) is 5.75 Å². The minimum Gasteiger partial charge on any atom is -0.380 e. The highest BCUT2D eigenvalue weighted by Gasteiger charge is 2.19. The first-order chi connectivity index (χ1) is 8.37. The van der Waals surface area contributed by atoms with Gasteiger partial charge in [-0.15, -0.1) is 0 Å². The molecule has 0 amide bonds. The first-order valence-electron chi connectivity index (χ1n) is 5.04. The van der Waals surface area contributed by atoms with Crippen molar-refractivity contribution in [3.63, 3.8) is 0 Å². The molecule has 1 heterocycles. The summed E-state index contributed by atoms with van der Waals surface area (Å²) in [5, 5.41) is 3.63. The molecule has 1 aromatic heterocycles. The van der Waals surface area contributed by atoms with Gasteiger partial charge in [-0.1, -0.05) is 33.2 Å². The van der Waals surface area contributed by atoms with Crippen molar-refractivity contribution in [3.8, 4) is 11.1 Å². The molecule has 0 saturated carbocycles. The zero-order chi connectivity index (χ0) is 13.3. The van der Waals surface area contributed by atoms with Crippen LogP contribution in [-0.2, 0) is 15.6 Å². The van der Waals surface area contributed by atoms with Gasteiger partial charge < -0.3 is 10.3 Å². The van der Waals surface area contributed by atoms with Gasteiger partial charge in [0, 0.05) is 10.7 Å². The van der Waals surface area contributed by atoms with E-state index in [1.807, 2.05) is 24.3 Å². The number of rotatable bonds is 3.